The van der Waals surface area contributed by atoms with E-state index in [1.807, 2.05) is 19.9 Å². The number of anilines is 1. The lowest BCUT2D eigenvalue weighted by atomic mass is 10.1. The Bertz CT molecular complexity index is 984. The number of hydrogen-bond acceptors (Lipinski definition) is 7. The summed E-state index contributed by atoms with van der Waals surface area (Å²) < 4.78 is 31.9. The molecule has 0 aliphatic heterocycles. The number of nitrogens with one attached hydrogen (secondary N) is 2. The molecule has 0 atom stereocenters. The van der Waals surface area contributed by atoms with Gasteiger partial charge in [0.25, 0.3) is 0 Å². The van der Waals surface area contributed by atoms with E-state index in [9.17, 15) is 13.2 Å². The Morgan fingerprint density at radius 1 is 1.21 bits per heavy atom. The minimum atomic E-state index is -3.67. The van der Waals surface area contributed by atoms with Crippen LogP contribution in [0.4, 0.5) is 5.82 Å². The van der Waals surface area contributed by atoms with E-state index in [4.69, 9.17) is 10.00 Å². The van der Waals surface area contributed by atoms with Gasteiger partial charge in [0.2, 0.25) is 10.0 Å². The van der Waals surface area contributed by atoms with Crippen molar-refractivity contribution in [3.05, 3.63) is 53.2 Å². The number of esters is 1. The van der Waals surface area contributed by atoms with E-state index in [1.54, 1.807) is 30.5 Å². The molecule has 0 aliphatic rings. The molecule has 0 spiro atoms. The summed E-state index contributed by atoms with van der Waals surface area (Å²) in [4.78, 5) is 15.9. The molecular formula is C19H22N4O4S. The van der Waals surface area contributed by atoms with Crippen LogP contribution in [0.5, 0.6) is 0 Å². The van der Waals surface area contributed by atoms with Crippen molar-refractivity contribution in [3.8, 4) is 6.07 Å². The van der Waals surface area contributed by atoms with E-state index in [0.717, 1.165) is 11.1 Å². The molecule has 8 nitrogen and oxygen atoms in total. The quantitative estimate of drug-likeness (QED) is 0.485. The first-order valence-electron chi connectivity index (χ1n) is 8.65. The minimum Gasteiger partial charge on any atom is -0.464 e. The standard InChI is InChI=1S/C19H22N4O4S/c1-14-5-6-17(12-15(14)2)28(25,26)23-9-7-18(24)27-11-10-22-19-16(13-20)4-3-8-21-19/h3-6,8,12,23H,7,9-11H2,1-2H3,(H,21,22). The molecule has 9 heteroatoms. The number of carbonyl (C=O) groups is 1. The van der Waals surface area contributed by atoms with Crippen molar-refractivity contribution in [1.82, 2.24) is 9.71 Å². The number of rotatable bonds is 9. The van der Waals surface area contributed by atoms with Gasteiger partial charge in [-0.05, 0) is 49.2 Å². The normalized spacial score (nSPS) is 10.9. The summed E-state index contributed by atoms with van der Waals surface area (Å²) in [6, 6.07) is 10.2. The maximum atomic E-state index is 12.2. The summed E-state index contributed by atoms with van der Waals surface area (Å²) in [5, 5.41) is 11.9. The molecule has 28 heavy (non-hydrogen) atoms. The van der Waals surface area contributed by atoms with Gasteiger partial charge in [-0.2, -0.15) is 5.26 Å². The summed E-state index contributed by atoms with van der Waals surface area (Å²) in [6.45, 7) is 4.04. The fourth-order valence-corrected chi connectivity index (χ4v) is 3.41. The number of aromatic nitrogens is 1. The van der Waals surface area contributed by atoms with Crippen LogP contribution in [-0.4, -0.2) is 39.1 Å². The number of sulfonamides is 1. The lowest BCUT2D eigenvalue weighted by molar-refractivity contribution is -0.143. The molecule has 1 aromatic carbocycles. The number of nitrogens with zero attached hydrogens (tertiary/aromatic N) is 2. The third kappa shape index (κ3) is 6.04. The van der Waals surface area contributed by atoms with Gasteiger partial charge in [-0.15, -0.1) is 0 Å². The van der Waals surface area contributed by atoms with Gasteiger partial charge in [0, 0.05) is 12.7 Å². The van der Waals surface area contributed by atoms with Gasteiger partial charge in [-0.3, -0.25) is 4.79 Å². The molecule has 0 fully saturated rings. The van der Waals surface area contributed by atoms with Crippen LogP contribution < -0.4 is 10.0 Å². The van der Waals surface area contributed by atoms with Crippen LogP contribution in [0.3, 0.4) is 0 Å². The maximum Gasteiger partial charge on any atom is 0.307 e. The highest BCUT2D eigenvalue weighted by atomic mass is 32.2. The van der Waals surface area contributed by atoms with Crippen molar-refractivity contribution in [2.24, 2.45) is 0 Å². The molecular weight excluding hydrogens is 380 g/mol. The van der Waals surface area contributed by atoms with Gasteiger partial charge in [0.15, 0.2) is 0 Å². The number of aryl methyl sites for hydroxylation is 2. The zero-order valence-electron chi connectivity index (χ0n) is 15.7. The SMILES string of the molecule is Cc1ccc(S(=O)(=O)NCCC(=O)OCCNc2ncccc2C#N)cc1C. The smallest absolute Gasteiger partial charge is 0.307 e. The number of hydrogen-bond donors (Lipinski definition) is 2. The van der Waals surface area contributed by atoms with Crippen molar-refractivity contribution in [2.75, 3.05) is 25.0 Å². The van der Waals surface area contributed by atoms with Gasteiger partial charge in [-0.1, -0.05) is 6.07 Å². The topological polar surface area (TPSA) is 121 Å². The molecule has 0 bridgehead atoms. The number of benzene rings is 1. The Balaban J connectivity index is 1.72. The second-order valence-corrected chi connectivity index (χ2v) is 7.82. The van der Waals surface area contributed by atoms with Gasteiger partial charge in [0.05, 0.1) is 23.4 Å². The van der Waals surface area contributed by atoms with Gasteiger partial charge < -0.3 is 10.1 Å². The summed E-state index contributed by atoms with van der Waals surface area (Å²) in [7, 11) is -3.67. The highest BCUT2D eigenvalue weighted by Gasteiger charge is 2.15. The lowest BCUT2D eigenvalue weighted by Gasteiger charge is -2.10. The fourth-order valence-electron chi connectivity index (χ4n) is 2.29. The molecule has 0 saturated heterocycles. The highest BCUT2D eigenvalue weighted by molar-refractivity contribution is 7.89. The zero-order chi connectivity index (χ0) is 20.6. The van der Waals surface area contributed by atoms with Crippen LogP contribution in [0, 0.1) is 25.2 Å². The summed E-state index contributed by atoms with van der Waals surface area (Å²) in [5.74, 6) is -0.103. The molecule has 0 saturated carbocycles. The molecule has 1 heterocycles. The van der Waals surface area contributed by atoms with E-state index >= 15 is 0 Å². The van der Waals surface area contributed by atoms with Crippen molar-refractivity contribution in [3.63, 3.8) is 0 Å². The Labute approximate surface area is 164 Å². The summed E-state index contributed by atoms with van der Waals surface area (Å²) >= 11 is 0. The maximum absolute atomic E-state index is 12.2. The molecule has 0 radical (unpaired) electrons. The first kappa shape index (κ1) is 21.3. The number of ether oxygens (including phenoxy) is 1. The second-order valence-electron chi connectivity index (χ2n) is 6.05. The fraction of sp³-hybridized carbons (Fsp3) is 0.316. The monoisotopic (exact) mass is 402 g/mol. The molecule has 1 aromatic heterocycles. The average Bonchev–Trinajstić information content (AvgIpc) is 2.67. The van der Waals surface area contributed by atoms with Crippen LogP contribution in [0.25, 0.3) is 0 Å². The zero-order valence-corrected chi connectivity index (χ0v) is 16.5. The van der Waals surface area contributed by atoms with Crippen molar-refractivity contribution >= 4 is 21.8 Å². The van der Waals surface area contributed by atoms with Crippen molar-refractivity contribution in [2.45, 2.75) is 25.2 Å². The second kappa shape index (κ2) is 9.82. The predicted octanol–water partition coefficient (Wildman–Crippen LogP) is 1.89. The molecule has 2 rings (SSSR count). The first-order valence-corrected chi connectivity index (χ1v) is 10.1. The predicted molar refractivity (Wildman–Crippen MR) is 104 cm³/mol. The van der Waals surface area contributed by atoms with E-state index in [1.165, 1.54) is 6.07 Å². The van der Waals surface area contributed by atoms with E-state index < -0.39 is 16.0 Å². The van der Waals surface area contributed by atoms with Crippen LogP contribution >= 0.6 is 0 Å². The average molecular weight is 402 g/mol. The molecule has 0 aliphatic carbocycles. The Morgan fingerprint density at radius 3 is 2.71 bits per heavy atom. The first-order chi connectivity index (χ1) is 13.3. The van der Waals surface area contributed by atoms with E-state index in [0.29, 0.717) is 11.4 Å². The van der Waals surface area contributed by atoms with Crippen molar-refractivity contribution < 1.29 is 17.9 Å². The van der Waals surface area contributed by atoms with Gasteiger partial charge in [-0.25, -0.2) is 18.1 Å². The van der Waals surface area contributed by atoms with Gasteiger partial charge >= 0.3 is 5.97 Å². The third-order valence-electron chi connectivity index (χ3n) is 4.00. The highest BCUT2D eigenvalue weighted by Crippen LogP contribution is 2.14. The number of pyridine rings is 1. The van der Waals surface area contributed by atoms with Crippen LogP contribution in [-0.2, 0) is 19.6 Å². The van der Waals surface area contributed by atoms with Gasteiger partial charge in [0.1, 0.15) is 18.5 Å². The Kier molecular flexibility index (Phi) is 7.49. The summed E-state index contributed by atoms with van der Waals surface area (Å²) in [6.07, 6.45) is 1.47. The number of nitriles is 1. The minimum absolute atomic E-state index is 0.0552. The molecule has 0 unspecified atom stereocenters. The lowest BCUT2D eigenvalue weighted by Crippen LogP contribution is -2.27. The largest absolute Gasteiger partial charge is 0.464 e. The van der Waals surface area contributed by atoms with Crippen LogP contribution in [0.2, 0.25) is 0 Å². The third-order valence-corrected chi connectivity index (χ3v) is 5.45. The van der Waals surface area contributed by atoms with Crippen LogP contribution in [0.1, 0.15) is 23.1 Å². The van der Waals surface area contributed by atoms with E-state index in [-0.39, 0.29) is 31.0 Å². The molecule has 2 aromatic rings. The number of carbonyl (C=O) groups excluding carboxylic acids is 1. The molecule has 2 N–H and O–H groups in total. The molecule has 0 amide bonds. The van der Waals surface area contributed by atoms with E-state index in [2.05, 4.69) is 15.0 Å². The van der Waals surface area contributed by atoms with Crippen LogP contribution in [0.15, 0.2) is 41.4 Å². The molecule has 148 valence electrons. The Morgan fingerprint density at radius 2 is 2.00 bits per heavy atom. The summed E-state index contributed by atoms with van der Waals surface area (Å²) in [5.41, 5.74) is 2.28. The Hall–Kier alpha value is -2.96. The van der Waals surface area contributed by atoms with Crippen molar-refractivity contribution in [1.29, 1.82) is 5.26 Å².